The second-order valence-corrected chi connectivity index (χ2v) is 5.26. The topological polar surface area (TPSA) is 44.3 Å². The van der Waals surface area contributed by atoms with Crippen LogP contribution in [-0.4, -0.2) is 33.4 Å². The molecule has 0 amide bonds. The molecule has 2 N–H and O–H groups in total. The Labute approximate surface area is 121 Å². The van der Waals surface area contributed by atoms with Crippen molar-refractivity contribution in [1.29, 1.82) is 0 Å². The molecular weight excluding hydrogens is 254 g/mol. The van der Waals surface area contributed by atoms with Gasteiger partial charge in [0.1, 0.15) is 0 Å². The fourth-order valence-electron chi connectivity index (χ4n) is 2.76. The van der Waals surface area contributed by atoms with Crippen molar-refractivity contribution in [2.24, 2.45) is 0 Å². The second-order valence-electron chi connectivity index (χ2n) is 5.26. The van der Waals surface area contributed by atoms with Crippen molar-refractivity contribution in [2.45, 2.75) is 38.1 Å². The van der Waals surface area contributed by atoms with E-state index in [0.29, 0.717) is 12.4 Å². The molecule has 0 saturated heterocycles. The molecule has 2 rings (SSSR count). The van der Waals surface area contributed by atoms with Gasteiger partial charge in [-0.25, -0.2) is 0 Å². The van der Waals surface area contributed by atoms with Crippen molar-refractivity contribution in [1.82, 2.24) is 0 Å². The molecule has 0 aliphatic heterocycles. The highest BCUT2D eigenvalue weighted by Gasteiger charge is 2.17. The van der Waals surface area contributed by atoms with Crippen LogP contribution >= 0.6 is 0 Å². The van der Waals surface area contributed by atoms with E-state index < -0.39 is 0 Å². The Morgan fingerprint density at radius 2 is 1.75 bits per heavy atom. The van der Waals surface area contributed by atoms with Crippen LogP contribution in [0.3, 0.4) is 0 Å². The van der Waals surface area contributed by atoms with E-state index >= 15 is 0 Å². The number of hydrogen-bond acceptors (Lipinski definition) is 3. The van der Waals surface area contributed by atoms with Crippen molar-refractivity contribution in [3.05, 3.63) is 18.2 Å². The lowest BCUT2D eigenvalue weighted by molar-refractivity contribution is -0.688. The van der Waals surface area contributed by atoms with Gasteiger partial charge in [-0.1, -0.05) is 6.07 Å². The molecule has 4 nitrogen and oxygen atoms in total. The van der Waals surface area contributed by atoms with Crippen molar-refractivity contribution in [2.75, 3.05) is 27.4 Å². The number of ether oxygens (including phenoxy) is 3. The van der Waals surface area contributed by atoms with Crippen LogP contribution in [-0.2, 0) is 0 Å². The average Bonchev–Trinajstić information content (AvgIpc) is 3.00. The van der Waals surface area contributed by atoms with Crippen LogP contribution in [0.15, 0.2) is 18.2 Å². The number of para-hydroxylation sites is 1. The molecule has 20 heavy (non-hydrogen) atoms. The maximum absolute atomic E-state index is 5.84. The van der Waals surface area contributed by atoms with Gasteiger partial charge in [-0.05, 0) is 37.8 Å². The van der Waals surface area contributed by atoms with Crippen LogP contribution in [0.4, 0.5) is 0 Å². The number of quaternary nitrogens is 1. The molecule has 1 aromatic rings. The minimum atomic E-state index is 0.694. The third-order valence-electron chi connectivity index (χ3n) is 3.88. The van der Waals surface area contributed by atoms with Gasteiger partial charge in [-0.3, -0.25) is 0 Å². The van der Waals surface area contributed by atoms with Crippen molar-refractivity contribution in [3.63, 3.8) is 0 Å². The number of nitrogens with two attached hydrogens (primary N) is 1. The van der Waals surface area contributed by atoms with E-state index in [-0.39, 0.29) is 0 Å². The van der Waals surface area contributed by atoms with E-state index in [1.54, 1.807) is 14.2 Å². The van der Waals surface area contributed by atoms with E-state index in [1.165, 1.54) is 25.7 Å². The molecular formula is C16H26NO3+. The fraction of sp³-hybridized carbons (Fsp3) is 0.625. The van der Waals surface area contributed by atoms with Crippen LogP contribution in [0, 0.1) is 0 Å². The van der Waals surface area contributed by atoms with Gasteiger partial charge in [0.2, 0.25) is 5.75 Å². The quantitative estimate of drug-likeness (QED) is 0.741. The number of methoxy groups -OCH3 is 2. The Hall–Kier alpha value is -1.42. The molecule has 1 saturated carbocycles. The normalized spacial score (nSPS) is 15.3. The zero-order valence-electron chi connectivity index (χ0n) is 12.6. The summed E-state index contributed by atoms with van der Waals surface area (Å²) in [7, 11) is 3.30. The number of hydrogen-bond donors (Lipinski definition) is 1. The third kappa shape index (κ3) is 4.04. The molecule has 1 aromatic carbocycles. The van der Waals surface area contributed by atoms with E-state index in [2.05, 4.69) is 5.32 Å². The Morgan fingerprint density at radius 3 is 2.35 bits per heavy atom. The molecule has 1 aliphatic rings. The van der Waals surface area contributed by atoms with Crippen molar-refractivity contribution >= 4 is 0 Å². The highest BCUT2D eigenvalue weighted by atomic mass is 16.5. The van der Waals surface area contributed by atoms with E-state index in [4.69, 9.17) is 14.2 Å². The smallest absolute Gasteiger partial charge is 0.203 e. The van der Waals surface area contributed by atoms with Gasteiger partial charge in [0, 0.05) is 6.42 Å². The Kier molecular flexibility index (Phi) is 5.99. The van der Waals surface area contributed by atoms with Gasteiger partial charge in [0.05, 0.1) is 33.4 Å². The highest BCUT2D eigenvalue weighted by molar-refractivity contribution is 5.51. The molecule has 0 spiro atoms. The predicted molar refractivity (Wildman–Crippen MR) is 78.7 cm³/mol. The largest absolute Gasteiger partial charge is 0.493 e. The van der Waals surface area contributed by atoms with Gasteiger partial charge in [-0.2, -0.15) is 0 Å². The zero-order chi connectivity index (χ0) is 14.2. The molecule has 1 aliphatic carbocycles. The van der Waals surface area contributed by atoms with Gasteiger partial charge >= 0.3 is 0 Å². The summed E-state index contributed by atoms with van der Waals surface area (Å²) < 4.78 is 16.5. The van der Waals surface area contributed by atoms with Gasteiger partial charge in [0.25, 0.3) is 0 Å². The molecule has 0 heterocycles. The average molecular weight is 280 g/mol. The first-order valence-corrected chi connectivity index (χ1v) is 7.52. The Morgan fingerprint density at radius 1 is 1.10 bits per heavy atom. The lowest BCUT2D eigenvalue weighted by Crippen LogP contribution is -2.89. The minimum Gasteiger partial charge on any atom is -0.493 e. The SMILES string of the molecule is COc1cccc(OC)c1OCCC[NH2+]C1CCCC1. The summed E-state index contributed by atoms with van der Waals surface area (Å²) in [4.78, 5) is 0. The summed E-state index contributed by atoms with van der Waals surface area (Å²) in [5.74, 6) is 2.16. The number of benzene rings is 1. The maximum atomic E-state index is 5.84. The molecule has 0 aromatic heterocycles. The fourth-order valence-corrected chi connectivity index (χ4v) is 2.76. The monoisotopic (exact) mass is 280 g/mol. The zero-order valence-corrected chi connectivity index (χ0v) is 12.6. The first-order valence-electron chi connectivity index (χ1n) is 7.52. The van der Waals surface area contributed by atoms with Gasteiger partial charge in [0.15, 0.2) is 11.5 Å². The lowest BCUT2D eigenvalue weighted by atomic mass is 10.2. The van der Waals surface area contributed by atoms with E-state index in [9.17, 15) is 0 Å². The van der Waals surface area contributed by atoms with Crippen molar-refractivity contribution < 1.29 is 19.5 Å². The van der Waals surface area contributed by atoms with Crippen LogP contribution in [0.5, 0.6) is 17.2 Å². The minimum absolute atomic E-state index is 0.694. The van der Waals surface area contributed by atoms with Crippen LogP contribution in [0.2, 0.25) is 0 Å². The van der Waals surface area contributed by atoms with Gasteiger partial charge in [-0.15, -0.1) is 0 Å². The Balaban J connectivity index is 1.75. The second kappa shape index (κ2) is 8.00. The maximum Gasteiger partial charge on any atom is 0.203 e. The first-order chi connectivity index (χ1) is 9.85. The summed E-state index contributed by atoms with van der Waals surface area (Å²) in [5, 5.41) is 2.47. The Bertz CT molecular complexity index is 380. The van der Waals surface area contributed by atoms with E-state index in [0.717, 1.165) is 30.5 Å². The van der Waals surface area contributed by atoms with E-state index in [1.807, 2.05) is 18.2 Å². The summed E-state index contributed by atoms with van der Waals surface area (Å²) in [6, 6.07) is 6.53. The summed E-state index contributed by atoms with van der Waals surface area (Å²) in [6.45, 7) is 1.82. The standard InChI is InChI=1S/C16H25NO3/c1-18-14-9-5-10-15(19-2)16(14)20-12-6-11-17-13-7-3-4-8-13/h5,9-10,13,17H,3-4,6-8,11-12H2,1-2H3/p+1. The van der Waals surface area contributed by atoms with Gasteiger partial charge < -0.3 is 19.5 Å². The molecule has 1 fully saturated rings. The predicted octanol–water partition coefficient (Wildman–Crippen LogP) is 1.98. The molecule has 0 unspecified atom stereocenters. The van der Waals surface area contributed by atoms with Crippen molar-refractivity contribution in [3.8, 4) is 17.2 Å². The van der Waals surface area contributed by atoms with Crippen LogP contribution in [0.1, 0.15) is 32.1 Å². The summed E-state index contributed by atoms with van der Waals surface area (Å²) in [6.07, 6.45) is 6.59. The summed E-state index contributed by atoms with van der Waals surface area (Å²) >= 11 is 0. The molecule has 0 bridgehead atoms. The molecule has 112 valence electrons. The lowest BCUT2D eigenvalue weighted by Gasteiger charge is -2.14. The summed E-state index contributed by atoms with van der Waals surface area (Å²) in [5.41, 5.74) is 0. The molecule has 0 radical (unpaired) electrons. The third-order valence-corrected chi connectivity index (χ3v) is 3.88. The number of rotatable bonds is 8. The highest BCUT2D eigenvalue weighted by Crippen LogP contribution is 2.36. The first kappa shape index (κ1) is 15.0. The molecule has 4 heteroatoms. The molecule has 0 atom stereocenters. The van der Waals surface area contributed by atoms with Crippen LogP contribution < -0.4 is 19.5 Å². The van der Waals surface area contributed by atoms with Crippen LogP contribution in [0.25, 0.3) is 0 Å².